The standard InChI is InChI=1S/C12H20N4O/c1-10-14-4-7-16(10)9-8-15-5-2-11(3-6-15)12(13)17/h4,7,11H,2-3,5-6,8-9H2,1H3,(H2,13,17). The summed E-state index contributed by atoms with van der Waals surface area (Å²) in [6.45, 7) is 5.94. The largest absolute Gasteiger partial charge is 0.369 e. The van der Waals surface area contributed by atoms with Crippen LogP contribution in [0.15, 0.2) is 12.4 Å². The Morgan fingerprint density at radius 2 is 2.18 bits per heavy atom. The molecule has 17 heavy (non-hydrogen) atoms. The molecule has 94 valence electrons. The van der Waals surface area contributed by atoms with Crippen LogP contribution in [0.5, 0.6) is 0 Å². The second-order valence-electron chi connectivity index (χ2n) is 4.69. The first kappa shape index (κ1) is 12.1. The van der Waals surface area contributed by atoms with Gasteiger partial charge >= 0.3 is 0 Å². The molecular weight excluding hydrogens is 216 g/mol. The fraction of sp³-hybridized carbons (Fsp3) is 0.667. The van der Waals surface area contributed by atoms with Crippen molar-refractivity contribution in [3.63, 3.8) is 0 Å². The molecule has 2 N–H and O–H groups in total. The molecule has 0 saturated carbocycles. The summed E-state index contributed by atoms with van der Waals surface area (Å²) in [4.78, 5) is 17.6. The lowest BCUT2D eigenvalue weighted by Crippen LogP contribution is -2.39. The average molecular weight is 236 g/mol. The molecule has 2 heterocycles. The summed E-state index contributed by atoms with van der Waals surface area (Å²) in [5.41, 5.74) is 5.31. The number of nitrogens with zero attached hydrogens (tertiary/aromatic N) is 3. The molecular formula is C12H20N4O. The van der Waals surface area contributed by atoms with Crippen LogP contribution < -0.4 is 5.73 Å². The van der Waals surface area contributed by atoms with Gasteiger partial charge in [0.05, 0.1) is 0 Å². The van der Waals surface area contributed by atoms with Crippen molar-refractivity contribution in [1.29, 1.82) is 0 Å². The van der Waals surface area contributed by atoms with E-state index < -0.39 is 0 Å². The highest BCUT2D eigenvalue weighted by Gasteiger charge is 2.22. The zero-order chi connectivity index (χ0) is 12.3. The summed E-state index contributed by atoms with van der Waals surface area (Å²) in [5, 5.41) is 0. The number of aromatic nitrogens is 2. The monoisotopic (exact) mass is 236 g/mol. The van der Waals surface area contributed by atoms with Gasteiger partial charge in [0.15, 0.2) is 0 Å². The summed E-state index contributed by atoms with van der Waals surface area (Å²) in [5.74, 6) is 0.994. The van der Waals surface area contributed by atoms with Gasteiger partial charge in [0.2, 0.25) is 5.91 Å². The first-order valence-electron chi connectivity index (χ1n) is 6.16. The summed E-state index contributed by atoms with van der Waals surface area (Å²) < 4.78 is 2.15. The molecule has 1 aliphatic heterocycles. The fourth-order valence-corrected chi connectivity index (χ4v) is 2.33. The molecule has 0 unspecified atom stereocenters. The lowest BCUT2D eigenvalue weighted by molar-refractivity contribution is -0.123. The number of hydrogen-bond acceptors (Lipinski definition) is 3. The maximum atomic E-state index is 11.0. The molecule has 0 atom stereocenters. The van der Waals surface area contributed by atoms with Crippen molar-refractivity contribution < 1.29 is 4.79 Å². The summed E-state index contributed by atoms with van der Waals surface area (Å²) >= 11 is 0. The van der Waals surface area contributed by atoms with Crippen molar-refractivity contribution in [2.24, 2.45) is 11.7 Å². The smallest absolute Gasteiger partial charge is 0.220 e. The van der Waals surface area contributed by atoms with Crippen LogP contribution in [-0.4, -0.2) is 40.0 Å². The number of piperidine rings is 1. The zero-order valence-corrected chi connectivity index (χ0v) is 10.3. The van der Waals surface area contributed by atoms with Crippen molar-refractivity contribution in [1.82, 2.24) is 14.5 Å². The molecule has 0 aliphatic carbocycles. The Balaban J connectivity index is 1.75. The first-order chi connectivity index (χ1) is 8.16. The summed E-state index contributed by atoms with van der Waals surface area (Å²) in [6.07, 6.45) is 5.64. The number of likely N-dealkylation sites (tertiary alicyclic amines) is 1. The van der Waals surface area contributed by atoms with Crippen LogP contribution in [0, 0.1) is 12.8 Å². The van der Waals surface area contributed by atoms with E-state index in [2.05, 4.69) is 14.5 Å². The van der Waals surface area contributed by atoms with Gasteiger partial charge < -0.3 is 15.2 Å². The van der Waals surface area contributed by atoms with E-state index in [-0.39, 0.29) is 11.8 Å². The van der Waals surface area contributed by atoms with Gasteiger partial charge in [-0.2, -0.15) is 0 Å². The Kier molecular flexibility index (Phi) is 3.78. The molecule has 5 nitrogen and oxygen atoms in total. The van der Waals surface area contributed by atoms with Gasteiger partial charge in [-0.3, -0.25) is 4.79 Å². The van der Waals surface area contributed by atoms with Gasteiger partial charge in [-0.1, -0.05) is 0 Å². The molecule has 0 aromatic carbocycles. The molecule has 5 heteroatoms. The summed E-state index contributed by atoms with van der Waals surface area (Å²) in [6, 6.07) is 0. The second-order valence-corrected chi connectivity index (χ2v) is 4.69. The second kappa shape index (κ2) is 5.31. The van der Waals surface area contributed by atoms with Crippen molar-refractivity contribution in [2.75, 3.05) is 19.6 Å². The minimum atomic E-state index is -0.143. The maximum absolute atomic E-state index is 11.0. The van der Waals surface area contributed by atoms with E-state index in [1.54, 1.807) is 0 Å². The Morgan fingerprint density at radius 3 is 2.71 bits per heavy atom. The lowest BCUT2D eigenvalue weighted by Gasteiger charge is -2.30. The highest BCUT2D eigenvalue weighted by atomic mass is 16.1. The third-order valence-electron chi connectivity index (χ3n) is 3.57. The van der Waals surface area contributed by atoms with Crippen LogP contribution in [0.4, 0.5) is 0 Å². The number of carbonyl (C=O) groups is 1. The number of carbonyl (C=O) groups excluding carboxylic acids is 1. The van der Waals surface area contributed by atoms with E-state index in [1.807, 2.05) is 19.3 Å². The Morgan fingerprint density at radius 1 is 1.47 bits per heavy atom. The van der Waals surface area contributed by atoms with Crippen molar-refractivity contribution in [3.8, 4) is 0 Å². The van der Waals surface area contributed by atoms with Crippen molar-refractivity contribution in [2.45, 2.75) is 26.3 Å². The van der Waals surface area contributed by atoms with Gasteiger partial charge in [0.1, 0.15) is 5.82 Å². The van der Waals surface area contributed by atoms with Gasteiger partial charge in [-0.05, 0) is 32.9 Å². The van der Waals surface area contributed by atoms with Crippen LogP contribution in [-0.2, 0) is 11.3 Å². The lowest BCUT2D eigenvalue weighted by atomic mass is 9.96. The van der Waals surface area contributed by atoms with Crippen LogP contribution in [0.2, 0.25) is 0 Å². The van der Waals surface area contributed by atoms with Crippen molar-refractivity contribution in [3.05, 3.63) is 18.2 Å². The van der Waals surface area contributed by atoms with Gasteiger partial charge in [0.25, 0.3) is 0 Å². The molecule has 1 fully saturated rings. The molecule has 0 bridgehead atoms. The number of rotatable bonds is 4. The minimum absolute atomic E-state index is 0.0845. The van der Waals surface area contributed by atoms with Crippen LogP contribution in [0.3, 0.4) is 0 Å². The molecule has 0 spiro atoms. The van der Waals surface area contributed by atoms with E-state index in [9.17, 15) is 4.79 Å². The van der Waals surface area contributed by atoms with Gasteiger partial charge in [-0.25, -0.2) is 4.98 Å². The number of imidazole rings is 1. The predicted molar refractivity (Wildman–Crippen MR) is 65.3 cm³/mol. The third-order valence-corrected chi connectivity index (χ3v) is 3.57. The molecule has 1 amide bonds. The number of amides is 1. The molecule has 1 aromatic heterocycles. The normalized spacial score (nSPS) is 18.4. The fourth-order valence-electron chi connectivity index (χ4n) is 2.33. The Hall–Kier alpha value is -1.36. The number of hydrogen-bond donors (Lipinski definition) is 1. The maximum Gasteiger partial charge on any atom is 0.220 e. The van der Waals surface area contributed by atoms with E-state index in [0.717, 1.165) is 44.8 Å². The number of nitrogens with two attached hydrogens (primary N) is 1. The predicted octanol–water partition coefficient (Wildman–Crippen LogP) is 0.389. The Labute approximate surface area is 102 Å². The molecule has 1 aromatic rings. The Bertz CT molecular complexity index is 380. The summed E-state index contributed by atoms with van der Waals surface area (Å²) in [7, 11) is 0. The third kappa shape index (κ3) is 3.06. The van der Waals surface area contributed by atoms with E-state index in [1.165, 1.54) is 0 Å². The van der Waals surface area contributed by atoms with Crippen LogP contribution in [0.25, 0.3) is 0 Å². The number of aryl methyl sites for hydroxylation is 1. The van der Waals surface area contributed by atoms with Crippen molar-refractivity contribution >= 4 is 5.91 Å². The van der Waals surface area contributed by atoms with E-state index >= 15 is 0 Å². The SMILES string of the molecule is Cc1nccn1CCN1CCC(C(N)=O)CC1. The van der Waals surface area contributed by atoms with Crippen LogP contribution in [0.1, 0.15) is 18.7 Å². The molecule has 1 aliphatic rings. The number of primary amides is 1. The minimum Gasteiger partial charge on any atom is -0.369 e. The average Bonchev–Trinajstić information content (AvgIpc) is 2.73. The van der Waals surface area contributed by atoms with E-state index in [0.29, 0.717) is 0 Å². The van der Waals surface area contributed by atoms with Gasteiger partial charge in [-0.15, -0.1) is 0 Å². The molecule has 1 saturated heterocycles. The highest BCUT2D eigenvalue weighted by Crippen LogP contribution is 2.16. The van der Waals surface area contributed by atoms with Gasteiger partial charge in [0, 0.05) is 31.4 Å². The first-order valence-corrected chi connectivity index (χ1v) is 6.16. The van der Waals surface area contributed by atoms with Crippen LogP contribution >= 0.6 is 0 Å². The quantitative estimate of drug-likeness (QED) is 0.822. The highest BCUT2D eigenvalue weighted by molar-refractivity contribution is 5.76. The molecule has 2 rings (SSSR count). The van der Waals surface area contributed by atoms with E-state index in [4.69, 9.17) is 5.73 Å². The molecule has 0 radical (unpaired) electrons. The zero-order valence-electron chi connectivity index (χ0n) is 10.3. The topological polar surface area (TPSA) is 64.2 Å².